The standard InChI is InChI=1S/C23H24N2O2S/c1-7-12-24-21(26)20(28-22(24)27)14-17-13-15(2)25(16(17)3)19-10-8-18(9-11-19)23(4,5)6/h1,8-11,13-14H,12H2,2-6H3/b20-14+. The number of aryl methyl sites for hydroxylation is 1. The van der Waals surface area contributed by atoms with E-state index >= 15 is 0 Å². The summed E-state index contributed by atoms with van der Waals surface area (Å²) in [5.41, 5.74) is 5.46. The van der Waals surface area contributed by atoms with E-state index in [1.807, 2.05) is 19.9 Å². The van der Waals surface area contributed by atoms with Crippen molar-refractivity contribution >= 4 is 29.0 Å². The Morgan fingerprint density at radius 2 is 1.79 bits per heavy atom. The number of rotatable bonds is 3. The highest BCUT2D eigenvalue weighted by Gasteiger charge is 2.34. The van der Waals surface area contributed by atoms with Crippen molar-refractivity contribution in [1.29, 1.82) is 0 Å². The van der Waals surface area contributed by atoms with Crippen molar-refractivity contribution in [1.82, 2.24) is 9.47 Å². The van der Waals surface area contributed by atoms with Crippen molar-refractivity contribution in [3.8, 4) is 18.0 Å². The summed E-state index contributed by atoms with van der Waals surface area (Å²) in [7, 11) is 0. The number of amides is 2. The van der Waals surface area contributed by atoms with Gasteiger partial charge >= 0.3 is 0 Å². The Morgan fingerprint density at radius 1 is 1.14 bits per heavy atom. The van der Waals surface area contributed by atoms with Gasteiger partial charge in [-0.2, -0.15) is 0 Å². The molecule has 1 aliphatic heterocycles. The molecule has 2 amide bonds. The highest BCUT2D eigenvalue weighted by Crippen LogP contribution is 2.33. The van der Waals surface area contributed by atoms with Crippen molar-refractivity contribution < 1.29 is 9.59 Å². The van der Waals surface area contributed by atoms with Gasteiger partial charge in [0.05, 0.1) is 11.4 Å². The third kappa shape index (κ3) is 3.65. The molecule has 4 nitrogen and oxygen atoms in total. The first-order valence-corrected chi connectivity index (χ1v) is 9.94. The Balaban J connectivity index is 1.96. The molecule has 1 aromatic heterocycles. The van der Waals surface area contributed by atoms with Gasteiger partial charge in [-0.05, 0) is 66.4 Å². The molecular weight excluding hydrogens is 368 g/mol. The Hall–Kier alpha value is -2.71. The van der Waals surface area contributed by atoms with Crippen LogP contribution >= 0.6 is 11.8 Å². The summed E-state index contributed by atoms with van der Waals surface area (Å²) in [4.78, 5) is 25.9. The summed E-state index contributed by atoms with van der Waals surface area (Å²) in [5.74, 6) is 2.03. The van der Waals surface area contributed by atoms with Gasteiger partial charge in [0.25, 0.3) is 11.1 Å². The number of hydrogen-bond acceptors (Lipinski definition) is 3. The maximum absolute atomic E-state index is 12.4. The van der Waals surface area contributed by atoms with E-state index in [2.05, 4.69) is 55.5 Å². The molecule has 2 aromatic rings. The van der Waals surface area contributed by atoms with Crippen LogP contribution in [0.15, 0.2) is 35.2 Å². The molecule has 0 aliphatic carbocycles. The van der Waals surface area contributed by atoms with Crippen LogP contribution in [0, 0.1) is 26.2 Å². The largest absolute Gasteiger partial charge is 0.318 e. The number of nitrogens with zero attached hydrogens (tertiary/aromatic N) is 2. The summed E-state index contributed by atoms with van der Waals surface area (Å²) in [5, 5.41) is -0.319. The van der Waals surface area contributed by atoms with Crippen LogP contribution in [0.1, 0.15) is 43.3 Å². The summed E-state index contributed by atoms with van der Waals surface area (Å²) in [6.07, 6.45) is 7.03. The molecule has 1 fully saturated rings. The molecule has 28 heavy (non-hydrogen) atoms. The zero-order chi connectivity index (χ0) is 20.6. The highest BCUT2D eigenvalue weighted by molar-refractivity contribution is 8.18. The van der Waals surface area contributed by atoms with Crippen molar-refractivity contribution in [3.05, 3.63) is 57.8 Å². The van der Waals surface area contributed by atoms with E-state index in [1.165, 1.54) is 5.56 Å². The van der Waals surface area contributed by atoms with Crippen LogP contribution in [0.4, 0.5) is 4.79 Å². The van der Waals surface area contributed by atoms with E-state index in [0.717, 1.165) is 39.3 Å². The normalized spacial score (nSPS) is 16.1. The molecule has 3 rings (SSSR count). The number of imide groups is 1. The van der Waals surface area contributed by atoms with Crippen molar-refractivity contribution in [2.75, 3.05) is 6.54 Å². The molecule has 1 aromatic carbocycles. The van der Waals surface area contributed by atoms with Gasteiger partial charge < -0.3 is 4.57 Å². The topological polar surface area (TPSA) is 42.3 Å². The maximum atomic E-state index is 12.4. The second-order valence-corrected chi connectivity index (χ2v) is 8.92. The van der Waals surface area contributed by atoms with Crippen LogP contribution in [0.25, 0.3) is 11.8 Å². The van der Waals surface area contributed by atoms with Crippen LogP contribution in [-0.4, -0.2) is 27.2 Å². The van der Waals surface area contributed by atoms with E-state index in [9.17, 15) is 9.59 Å². The lowest BCUT2D eigenvalue weighted by Gasteiger charge is -2.20. The molecule has 2 heterocycles. The van der Waals surface area contributed by atoms with Crippen molar-refractivity contribution in [3.63, 3.8) is 0 Å². The smallest absolute Gasteiger partial charge is 0.294 e. The molecule has 5 heteroatoms. The first-order chi connectivity index (χ1) is 13.1. The van der Waals surface area contributed by atoms with E-state index in [-0.39, 0.29) is 23.1 Å². The summed E-state index contributed by atoms with van der Waals surface area (Å²) in [6, 6.07) is 10.6. The Bertz CT molecular complexity index is 1010. The number of hydrogen-bond donors (Lipinski definition) is 0. The number of carbonyl (C=O) groups is 2. The lowest BCUT2D eigenvalue weighted by molar-refractivity contribution is -0.122. The predicted molar refractivity (Wildman–Crippen MR) is 115 cm³/mol. The second kappa shape index (κ2) is 7.37. The molecule has 0 N–H and O–H groups in total. The summed E-state index contributed by atoms with van der Waals surface area (Å²) >= 11 is 0.935. The minimum Gasteiger partial charge on any atom is -0.318 e. The monoisotopic (exact) mass is 392 g/mol. The van der Waals surface area contributed by atoms with Crippen LogP contribution in [0.5, 0.6) is 0 Å². The summed E-state index contributed by atoms with van der Waals surface area (Å²) in [6.45, 7) is 10.6. The number of aromatic nitrogens is 1. The van der Waals surface area contributed by atoms with Crippen LogP contribution < -0.4 is 0 Å². The van der Waals surface area contributed by atoms with E-state index in [1.54, 1.807) is 6.08 Å². The molecule has 0 atom stereocenters. The Morgan fingerprint density at radius 3 is 2.36 bits per heavy atom. The van der Waals surface area contributed by atoms with Gasteiger partial charge in [-0.3, -0.25) is 14.5 Å². The van der Waals surface area contributed by atoms with Gasteiger partial charge in [0.2, 0.25) is 0 Å². The quantitative estimate of drug-likeness (QED) is 0.541. The second-order valence-electron chi connectivity index (χ2n) is 7.93. The molecule has 1 aliphatic rings. The SMILES string of the molecule is C#CCN1C(=O)S/C(=C/c2cc(C)n(-c3ccc(C(C)(C)C)cc3)c2C)C1=O. The molecule has 0 unspecified atom stereocenters. The number of benzene rings is 1. The third-order valence-corrected chi connectivity index (χ3v) is 5.78. The van der Waals surface area contributed by atoms with Crippen molar-refractivity contribution in [2.45, 2.75) is 40.0 Å². The van der Waals surface area contributed by atoms with Crippen LogP contribution in [-0.2, 0) is 10.2 Å². The lowest BCUT2D eigenvalue weighted by Crippen LogP contribution is -2.28. The van der Waals surface area contributed by atoms with E-state index < -0.39 is 0 Å². The minimum absolute atomic E-state index is 0.00114. The molecule has 0 saturated carbocycles. The first kappa shape index (κ1) is 20.0. The highest BCUT2D eigenvalue weighted by atomic mass is 32.2. The predicted octanol–water partition coefficient (Wildman–Crippen LogP) is 5.06. The average Bonchev–Trinajstić information content (AvgIpc) is 3.05. The first-order valence-electron chi connectivity index (χ1n) is 9.12. The molecule has 0 bridgehead atoms. The number of carbonyl (C=O) groups excluding carboxylic acids is 2. The van der Waals surface area contributed by atoms with Gasteiger partial charge in [-0.15, -0.1) is 6.42 Å². The zero-order valence-electron chi connectivity index (χ0n) is 16.9. The van der Waals surface area contributed by atoms with Gasteiger partial charge in [0, 0.05) is 17.1 Å². The van der Waals surface area contributed by atoms with E-state index in [4.69, 9.17) is 6.42 Å². The zero-order valence-corrected chi connectivity index (χ0v) is 17.7. The maximum Gasteiger partial charge on any atom is 0.294 e. The average molecular weight is 393 g/mol. The van der Waals surface area contributed by atoms with Crippen LogP contribution in [0.2, 0.25) is 0 Å². The third-order valence-electron chi connectivity index (χ3n) is 4.87. The summed E-state index contributed by atoms with van der Waals surface area (Å²) < 4.78 is 2.16. The molecule has 144 valence electrons. The lowest BCUT2D eigenvalue weighted by atomic mass is 9.87. The number of terminal acetylenes is 1. The molecule has 1 saturated heterocycles. The molecule has 0 spiro atoms. The van der Waals surface area contributed by atoms with Gasteiger partial charge in [0.1, 0.15) is 0 Å². The Labute approximate surface area is 170 Å². The van der Waals surface area contributed by atoms with E-state index in [0.29, 0.717) is 4.91 Å². The van der Waals surface area contributed by atoms with Gasteiger partial charge in [0.15, 0.2) is 0 Å². The fraction of sp³-hybridized carbons (Fsp3) is 0.304. The van der Waals surface area contributed by atoms with Crippen LogP contribution in [0.3, 0.4) is 0 Å². The number of thioether (sulfide) groups is 1. The van der Waals surface area contributed by atoms with Crippen molar-refractivity contribution in [2.24, 2.45) is 0 Å². The van der Waals surface area contributed by atoms with Gasteiger partial charge in [-0.25, -0.2) is 0 Å². The van der Waals surface area contributed by atoms with Gasteiger partial charge in [-0.1, -0.05) is 38.8 Å². The fourth-order valence-electron chi connectivity index (χ4n) is 3.31. The fourth-order valence-corrected chi connectivity index (χ4v) is 4.14. The molecular formula is C23H24N2O2S. The molecule has 0 radical (unpaired) electrons. The minimum atomic E-state index is -0.327. The Kier molecular flexibility index (Phi) is 5.27.